The zero-order valence-corrected chi connectivity index (χ0v) is 79.9. The Bertz CT molecular complexity index is 3540. The normalized spacial score (nSPS) is 38.7. The minimum atomic E-state index is -2.27. The summed E-state index contributed by atoms with van der Waals surface area (Å²) >= 11 is 0. The Hall–Kier alpha value is -4.06. The first-order valence-electron chi connectivity index (χ1n) is 49.1. The number of ether oxygens (including phenoxy) is 23. The van der Waals surface area contributed by atoms with Crippen molar-refractivity contribution in [2.75, 3.05) is 158 Å². The van der Waals surface area contributed by atoms with Crippen molar-refractivity contribution < 1.29 is 251 Å². The van der Waals surface area contributed by atoms with Gasteiger partial charge in [-0.05, 0) is 44.9 Å². The molecule has 0 aromatic rings. The van der Waals surface area contributed by atoms with Crippen molar-refractivity contribution in [1.29, 1.82) is 0 Å². The number of aliphatic hydroxyl groups excluding tert-OH is 24. The molecular weight excluding hydrogens is 1930 g/mol. The molecule has 30 heterocycles. The van der Waals surface area contributed by atoms with E-state index in [1.165, 1.54) is 0 Å². The second-order valence-electron chi connectivity index (χ2n) is 36.4. The van der Waals surface area contributed by atoms with Gasteiger partial charge in [-0.15, -0.1) is 0 Å². The molecule has 0 aliphatic carbocycles. The fourth-order valence-electron chi connectivity index (χ4n) is 17.8. The number of ketones is 2. The van der Waals surface area contributed by atoms with Crippen LogP contribution in [0.2, 0.25) is 0 Å². The highest BCUT2D eigenvalue weighted by molar-refractivity contribution is 5.89. The average Bonchev–Trinajstić information content (AvgIpc) is 0.769. The number of nitrogens with two attached hydrogens (primary N) is 1. The topological polar surface area (TPSA) is 816 Å². The van der Waals surface area contributed by atoms with Crippen LogP contribution in [0.4, 0.5) is 0 Å². The van der Waals surface area contributed by atoms with E-state index in [1.807, 2.05) is 0 Å². The van der Waals surface area contributed by atoms with E-state index < -0.39 is 304 Å². The van der Waals surface area contributed by atoms with E-state index in [4.69, 9.17) is 120 Å². The van der Waals surface area contributed by atoms with Crippen molar-refractivity contribution >= 4 is 23.4 Å². The summed E-state index contributed by atoms with van der Waals surface area (Å²) in [5.74, 6) is -1.99. The van der Waals surface area contributed by atoms with Crippen LogP contribution in [-0.4, -0.2) is 550 Å². The van der Waals surface area contributed by atoms with Crippen LogP contribution >= 0.6 is 0 Å². The van der Waals surface area contributed by atoms with Gasteiger partial charge < -0.3 is 248 Å². The second kappa shape index (κ2) is 64.1. The van der Waals surface area contributed by atoms with Gasteiger partial charge >= 0.3 is 0 Å². The van der Waals surface area contributed by atoms with Crippen molar-refractivity contribution in [1.82, 2.24) is 10.6 Å². The van der Waals surface area contributed by atoms with Gasteiger partial charge in [-0.3, -0.25) is 19.2 Å². The van der Waals surface area contributed by atoms with Gasteiger partial charge in [0, 0.05) is 50.4 Å². The molecule has 30 rings (SSSR count). The number of unbranched alkanes of at least 4 members (excludes halogenated alkanes) is 7. The molecule has 143 heavy (non-hydrogen) atoms. The molecule has 0 aromatic carbocycles. The Morgan fingerprint density at radius 3 is 0.818 bits per heavy atom. The number of Topliss-reactive ketones (excluding diaryl/α,β-unsaturated/α-hetero) is 2. The maximum Gasteiger partial charge on any atom is 0.220 e. The molecule has 16 bridgehead atoms. The molecular formula is C89H155N3O51. The Morgan fingerprint density at radius 2 is 0.524 bits per heavy atom. The van der Waals surface area contributed by atoms with Crippen LogP contribution in [0.5, 0.6) is 0 Å². The highest BCUT2D eigenvalue weighted by Crippen LogP contribution is 2.41. The molecule has 0 saturated carbocycles. The molecule has 54 heteroatoms. The van der Waals surface area contributed by atoms with Crippen molar-refractivity contribution in [2.45, 2.75) is 361 Å². The number of rotatable bonds is 56. The van der Waals surface area contributed by atoms with Crippen LogP contribution < -0.4 is 16.4 Å². The highest BCUT2D eigenvalue weighted by Gasteiger charge is 2.61. The number of carbonyl (C=O) groups excluding carboxylic acids is 4. The van der Waals surface area contributed by atoms with E-state index in [0.717, 1.165) is 12.1 Å². The average molecular weight is 2080 g/mol. The standard InChI is InChI=1S/C89H155N3O51/c1-44(13-11-16-46(101)15-8-6-7-14-45(81(90)120)35-47(102)36-92-56(103)18-12-21-121-23-25-123-27-29-125-31-33-127-34-32-126-30-28-124-26-24-122-22-20-93)91-19-10-5-3-2-4-9-17-48-73-57(104)65(112)82(128-48)137-74-49(37-94)130-84(67(114)59(74)106)139-76-51(39-96)132-86(69(116)61(76)108)141-78-53(41-98)134-88(71(118)63(78)110)143-80-55(43-100)135-89(72(119)64(80)111)142-79-54(42-99)133-87(70(117)62(79)109)140-77-52(40-97)131-85(68(115)60(77)107)138-75-50(38-95)129-83(136-73)66(113)58(75)105/h45,48-55,57-80,82-89,91,93-100,104-119H,1-43H2,(H2,90,120)(H,92,103). The summed E-state index contributed by atoms with van der Waals surface area (Å²) < 4.78 is 132. The lowest BCUT2D eigenvalue weighted by molar-refractivity contribution is -0.403. The molecule has 41 atom stereocenters. The molecule has 832 valence electrons. The molecule has 28 N–H and O–H groups in total. The van der Waals surface area contributed by atoms with Gasteiger partial charge in [0.1, 0.15) is 195 Å². The van der Waals surface area contributed by atoms with E-state index >= 15 is 0 Å². The summed E-state index contributed by atoms with van der Waals surface area (Å²) in [6, 6.07) is 0. The fourth-order valence-corrected chi connectivity index (χ4v) is 17.8. The summed E-state index contributed by atoms with van der Waals surface area (Å²) in [5, 5.41) is 276. The van der Waals surface area contributed by atoms with Crippen LogP contribution in [0.3, 0.4) is 0 Å². The molecule has 41 unspecified atom stereocenters. The molecule has 0 radical (unpaired) electrons. The SMILES string of the molecule is C=C(CCCC(=O)CCCCCC(CC(=O)CNC(=O)CCCOCCOCCOCCOCCOCCOCCOCCO)C(N)=O)NCCCCCCCCC1OC2OC3C(CO)OC(OC4C(CO)OC(OC5C(CO)OC(OC6C(CO)OC(OC7C(CO)OC(OC8C(CO)OC(OC9C(CO)OC(OC1C(O)C2O)C(O)C9O)C(O)C8O)C(O)C7O)C(O)C6O)C(O)C5O)C(O)C4O)C(O)C3O. The third-order valence-electron chi connectivity index (χ3n) is 26.0. The number of carbonyl (C=O) groups is 4. The van der Waals surface area contributed by atoms with Gasteiger partial charge in [0.05, 0.1) is 151 Å². The number of allylic oxidation sites excluding steroid dienone is 1. The van der Waals surface area contributed by atoms with E-state index in [0.29, 0.717) is 176 Å². The second-order valence-corrected chi connectivity index (χ2v) is 36.4. The molecule has 30 saturated heterocycles. The van der Waals surface area contributed by atoms with Gasteiger partial charge in [-0.1, -0.05) is 51.5 Å². The van der Waals surface area contributed by atoms with Gasteiger partial charge in [0.2, 0.25) is 11.8 Å². The van der Waals surface area contributed by atoms with Crippen molar-refractivity contribution in [3.05, 3.63) is 12.3 Å². The minimum Gasteiger partial charge on any atom is -0.394 e. The molecule has 54 nitrogen and oxygen atoms in total. The number of primary amides is 1. The quantitative estimate of drug-likeness (QED) is 0.0251. The van der Waals surface area contributed by atoms with E-state index in [2.05, 4.69) is 17.2 Å². The fraction of sp³-hybridized carbons (Fsp3) is 0.933. The lowest BCUT2D eigenvalue weighted by atomic mass is 9.93. The van der Waals surface area contributed by atoms with Gasteiger partial charge in [0.15, 0.2) is 56.1 Å². The van der Waals surface area contributed by atoms with E-state index in [1.54, 1.807) is 0 Å². The van der Waals surface area contributed by atoms with E-state index in [9.17, 15) is 137 Å². The first-order chi connectivity index (χ1) is 68.8. The Labute approximate surface area is 825 Å². The Morgan fingerprint density at radius 1 is 0.266 bits per heavy atom. The number of aliphatic hydroxyl groups is 24. The first kappa shape index (κ1) is 122. The van der Waals surface area contributed by atoms with Crippen molar-refractivity contribution in [3.8, 4) is 0 Å². The maximum atomic E-state index is 12.9. The van der Waals surface area contributed by atoms with Crippen LogP contribution in [0.1, 0.15) is 116 Å². The van der Waals surface area contributed by atoms with Crippen LogP contribution in [0.15, 0.2) is 12.3 Å². The van der Waals surface area contributed by atoms with Crippen LogP contribution in [-0.2, 0) is 128 Å². The van der Waals surface area contributed by atoms with Gasteiger partial charge in [-0.25, -0.2) is 0 Å². The predicted molar refractivity (Wildman–Crippen MR) is 473 cm³/mol. The van der Waals surface area contributed by atoms with Crippen molar-refractivity contribution in [2.24, 2.45) is 11.7 Å². The molecule has 30 aliphatic heterocycles. The Balaban J connectivity index is 0.730. The summed E-state index contributed by atoms with van der Waals surface area (Å²) in [5.41, 5.74) is 6.37. The maximum absolute atomic E-state index is 12.9. The predicted octanol–water partition coefficient (Wildman–Crippen LogP) is -12.8. The minimum absolute atomic E-state index is 0.0260. The van der Waals surface area contributed by atoms with Crippen molar-refractivity contribution in [3.63, 3.8) is 0 Å². The largest absolute Gasteiger partial charge is 0.394 e. The van der Waals surface area contributed by atoms with Gasteiger partial charge in [-0.2, -0.15) is 0 Å². The number of hydrogen-bond donors (Lipinski definition) is 27. The lowest BCUT2D eigenvalue weighted by Gasteiger charge is -2.50. The summed E-state index contributed by atoms with van der Waals surface area (Å²) in [7, 11) is 0. The van der Waals surface area contributed by atoms with E-state index in [-0.39, 0.29) is 62.9 Å². The number of hydrogen-bond acceptors (Lipinski definition) is 52. The third kappa shape index (κ3) is 36.0. The molecule has 30 aliphatic rings. The lowest BCUT2D eigenvalue weighted by Crippen LogP contribution is -2.69. The summed E-state index contributed by atoms with van der Waals surface area (Å²) in [4.78, 5) is 50.3. The zero-order chi connectivity index (χ0) is 104. The molecule has 2 amide bonds. The third-order valence-corrected chi connectivity index (χ3v) is 26.0. The number of amides is 2. The smallest absolute Gasteiger partial charge is 0.220 e. The van der Waals surface area contributed by atoms with Crippen LogP contribution in [0.25, 0.3) is 0 Å². The zero-order valence-electron chi connectivity index (χ0n) is 79.9. The molecule has 0 aromatic heterocycles. The summed E-state index contributed by atoms with van der Waals surface area (Å²) in [6.07, 6.45) is -74.1. The first-order valence-corrected chi connectivity index (χ1v) is 49.1. The Kier molecular flexibility index (Phi) is 54.9. The molecule has 30 fully saturated rings. The monoisotopic (exact) mass is 2080 g/mol. The van der Waals surface area contributed by atoms with Gasteiger partial charge in [0.25, 0.3) is 0 Å². The highest BCUT2D eigenvalue weighted by atomic mass is 16.8. The number of nitrogens with one attached hydrogen (secondary N) is 2. The summed E-state index contributed by atoms with van der Waals surface area (Å²) in [6.45, 7) is 2.11. The van der Waals surface area contributed by atoms with Crippen LogP contribution in [0, 0.1) is 5.92 Å². The molecule has 0 spiro atoms.